The van der Waals surface area contributed by atoms with Gasteiger partial charge in [0.05, 0.1) is 13.7 Å². The Morgan fingerprint density at radius 1 is 1.21 bits per heavy atom. The van der Waals surface area contributed by atoms with Gasteiger partial charge in [-0.1, -0.05) is 6.92 Å². The van der Waals surface area contributed by atoms with Gasteiger partial charge in [-0.3, -0.25) is 14.5 Å². The highest BCUT2D eigenvalue weighted by Crippen LogP contribution is 1.99. The number of esters is 1. The zero-order chi connectivity index (χ0) is 14.7. The van der Waals surface area contributed by atoms with Crippen LogP contribution in [0.1, 0.15) is 26.2 Å². The van der Waals surface area contributed by atoms with Crippen molar-refractivity contribution in [2.45, 2.75) is 26.2 Å². The largest absolute Gasteiger partial charge is 0.468 e. The van der Waals surface area contributed by atoms with Crippen LogP contribution in [0, 0.1) is 0 Å². The second-order valence-electron chi connectivity index (χ2n) is 4.56. The number of carbonyl (C=O) groups is 2. The minimum atomic E-state index is -0.266. The van der Waals surface area contributed by atoms with Gasteiger partial charge in [0.2, 0.25) is 5.91 Å². The van der Waals surface area contributed by atoms with Gasteiger partial charge in [0, 0.05) is 26.6 Å². The summed E-state index contributed by atoms with van der Waals surface area (Å²) in [6.07, 6.45) is 2.16. The number of ether oxygens (including phenoxy) is 1. The van der Waals surface area contributed by atoms with Crippen molar-refractivity contribution in [1.82, 2.24) is 9.80 Å². The third-order valence-corrected chi connectivity index (χ3v) is 2.89. The molecular weight excluding hydrogens is 246 g/mol. The van der Waals surface area contributed by atoms with Crippen LogP contribution in [-0.4, -0.2) is 68.6 Å². The van der Waals surface area contributed by atoms with Crippen molar-refractivity contribution in [3.8, 4) is 0 Å². The molecule has 0 aliphatic rings. The fraction of sp³-hybridized carbons (Fsp3) is 0.846. The molecule has 0 aromatic carbocycles. The van der Waals surface area contributed by atoms with Gasteiger partial charge in [0.25, 0.3) is 0 Å². The lowest BCUT2D eigenvalue weighted by molar-refractivity contribution is -0.142. The standard InChI is InChI=1S/C13H27N3O3/c1-4-8-16(11-13(18)19-3)10-6-12(17)15(2)9-5-7-14/h4-11,14H2,1-3H3. The molecule has 19 heavy (non-hydrogen) atoms. The lowest BCUT2D eigenvalue weighted by Crippen LogP contribution is -2.36. The molecule has 0 unspecified atom stereocenters. The Balaban J connectivity index is 4.08. The van der Waals surface area contributed by atoms with E-state index in [-0.39, 0.29) is 18.4 Å². The van der Waals surface area contributed by atoms with E-state index >= 15 is 0 Å². The highest BCUT2D eigenvalue weighted by molar-refractivity contribution is 5.76. The number of methoxy groups -OCH3 is 1. The highest BCUT2D eigenvalue weighted by atomic mass is 16.5. The molecule has 0 aliphatic carbocycles. The maximum atomic E-state index is 11.9. The van der Waals surface area contributed by atoms with E-state index in [0.717, 1.165) is 19.4 Å². The van der Waals surface area contributed by atoms with Crippen molar-refractivity contribution in [2.75, 3.05) is 46.9 Å². The Hall–Kier alpha value is -1.14. The molecule has 1 amide bonds. The molecule has 6 heteroatoms. The van der Waals surface area contributed by atoms with Gasteiger partial charge in [-0.15, -0.1) is 0 Å². The number of nitrogens with zero attached hydrogens (tertiary/aromatic N) is 2. The van der Waals surface area contributed by atoms with Crippen molar-refractivity contribution >= 4 is 11.9 Å². The first-order valence-electron chi connectivity index (χ1n) is 6.78. The van der Waals surface area contributed by atoms with Gasteiger partial charge in [-0.25, -0.2) is 0 Å². The second kappa shape index (κ2) is 10.8. The van der Waals surface area contributed by atoms with Gasteiger partial charge >= 0.3 is 5.97 Å². The molecule has 0 bridgehead atoms. The summed E-state index contributed by atoms with van der Waals surface area (Å²) >= 11 is 0. The summed E-state index contributed by atoms with van der Waals surface area (Å²) in [4.78, 5) is 26.7. The van der Waals surface area contributed by atoms with Crippen molar-refractivity contribution in [3.05, 3.63) is 0 Å². The van der Waals surface area contributed by atoms with Crippen LogP contribution < -0.4 is 5.73 Å². The van der Waals surface area contributed by atoms with E-state index in [1.807, 2.05) is 11.8 Å². The van der Waals surface area contributed by atoms with Gasteiger partial charge in [0.1, 0.15) is 0 Å². The molecule has 0 heterocycles. The Bertz CT molecular complexity index is 272. The third-order valence-electron chi connectivity index (χ3n) is 2.89. The maximum Gasteiger partial charge on any atom is 0.319 e. The zero-order valence-electron chi connectivity index (χ0n) is 12.4. The highest BCUT2D eigenvalue weighted by Gasteiger charge is 2.14. The SMILES string of the molecule is CCCN(CCC(=O)N(C)CCCN)CC(=O)OC. The lowest BCUT2D eigenvalue weighted by Gasteiger charge is -2.22. The second-order valence-corrected chi connectivity index (χ2v) is 4.56. The van der Waals surface area contributed by atoms with E-state index in [0.29, 0.717) is 26.1 Å². The first kappa shape index (κ1) is 17.9. The van der Waals surface area contributed by atoms with Crippen LogP contribution in [0.25, 0.3) is 0 Å². The number of nitrogens with two attached hydrogens (primary N) is 1. The summed E-state index contributed by atoms with van der Waals surface area (Å²) in [6.45, 7) is 4.91. The van der Waals surface area contributed by atoms with Crippen molar-refractivity contribution < 1.29 is 14.3 Å². The molecule has 0 fully saturated rings. The Morgan fingerprint density at radius 3 is 2.42 bits per heavy atom. The molecule has 0 atom stereocenters. The van der Waals surface area contributed by atoms with E-state index < -0.39 is 0 Å². The van der Waals surface area contributed by atoms with Gasteiger partial charge in [-0.05, 0) is 25.9 Å². The minimum absolute atomic E-state index is 0.0828. The fourth-order valence-corrected chi connectivity index (χ4v) is 1.73. The summed E-state index contributed by atoms with van der Waals surface area (Å²) < 4.78 is 4.64. The average molecular weight is 273 g/mol. The van der Waals surface area contributed by atoms with Crippen molar-refractivity contribution in [3.63, 3.8) is 0 Å². The first-order chi connectivity index (χ1) is 9.04. The van der Waals surface area contributed by atoms with Crippen LogP contribution in [0.5, 0.6) is 0 Å². The lowest BCUT2D eigenvalue weighted by atomic mass is 10.3. The summed E-state index contributed by atoms with van der Waals surface area (Å²) in [7, 11) is 3.15. The summed E-state index contributed by atoms with van der Waals surface area (Å²) in [5.41, 5.74) is 5.41. The fourth-order valence-electron chi connectivity index (χ4n) is 1.73. The zero-order valence-corrected chi connectivity index (χ0v) is 12.4. The van der Waals surface area contributed by atoms with Gasteiger partial charge < -0.3 is 15.4 Å². The Labute approximate surface area is 115 Å². The number of hydrogen-bond donors (Lipinski definition) is 1. The number of carbonyl (C=O) groups excluding carboxylic acids is 2. The molecular formula is C13H27N3O3. The van der Waals surface area contributed by atoms with E-state index in [4.69, 9.17) is 5.73 Å². The molecule has 0 saturated heterocycles. The topological polar surface area (TPSA) is 75.9 Å². The monoisotopic (exact) mass is 273 g/mol. The molecule has 0 aromatic heterocycles. The summed E-state index contributed by atoms with van der Waals surface area (Å²) in [5.74, 6) is -0.184. The predicted molar refractivity (Wildman–Crippen MR) is 74.7 cm³/mol. The Morgan fingerprint density at radius 2 is 1.89 bits per heavy atom. The van der Waals surface area contributed by atoms with Crippen molar-refractivity contribution in [2.24, 2.45) is 5.73 Å². The normalized spacial score (nSPS) is 10.6. The molecule has 0 aliphatic heterocycles. The van der Waals surface area contributed by atoms with Crippen LogP contribution in [0.15, 0.2) is 0 Å². The van der Waals surface area contributed by atoms with E-state index in [1.165, 1.54) is 7.11 Å². The van der Waals surface area contributed by atoms with Crippen LogP contribution in [0.4, 0.5) is 0 Å². The minimum Gasteiger partial charge on any atom is -0.468 e. The number of amides is 1. The third kappa shape index (κ3) is 8.56. The molecule has 2 N–H and O–H groups in total. The summed E-state index contributed by atoms with van der Waals surface area (Å²) in [5, 5.41) is 0. The smallest absolute Gasteiger partial charge is 0.319 e. The molecule has 0 radical (unpaired) electrons. The number of rotatable bonds is 10. The molecule has 0 saturated carbocycles. The van der Waals surface area contributed by atoms with Crippen LogP contribution in [0.2, 0.25) is 0 Å². The quantitative estimate of drug-likeness (QED) is 0.570. The first-order valence-corrected chi connectivity index (χ1v) is 6.78. The average Bonchev–Trinajstić information content (AvgIpc) is 2.41. The molecule has 0 spiro atoms. The summed E-state index contributed by atoms with van der Waals surface area (Å²) in [6, 6.07) is 0. The van der Waals surface area contributed by atoms with E-state index in [9.17, 15) is 9.59 Å². The number of hydrogen-bond acceptors (Lipinski definition) is 5. The molecule has 6 nitrogen and oxygen atoms in total. The molecule has 112 valence electrons. The van der Waals surface area contributed by atoms with Crippen molar-refractivity contribution in [1.29, 1.82) is 0 Å². The van der Waals surface area contributed by atoms with Crippen LogP contribution in [-0.2, 0) is 14.3 Å². The Kier molecular flexibility index (Phi) is 10.1. The molecule has 0 rings (SSSR count). The van der Waals surface area contributed by atoms with E-state index in [1.54, 1.807) is 11.9 Å². The van der Waals surface area contributed by atoms with Gasteiger partial charge in [-0.2, -0.15) is 0 Å². The van der Waals surface area contributed by atoms with Gasteiger partial charge in [0.15, 0.2) is 0 Å². The molecule has 0 aromatic rings. The predicted octanol–water partition coefficient (Wildman–Crippen LogP) is 0.0687. The van der Waals surface area contributed by atoms with E-state index in [2.05, 4.69) is 4.74 Å². The van der Waals surface area contributed by atoms with Crippen LogP contribution in [0.3, 0.4) is 0 Å². The van der Waals surface area contributed by atoms with Crippen LogP contribution >= 0.6 is 0 Å². The maximum absolute atomic E-state index is 11.9.